The summed E-state index contributed by atoms with van der Waals surface area (Å²) in [5.74, 6) is 5.95. The molecule has 0 spiro atoms. The number of aromatic nitrogens is 2. The van der Waals surface area contributed by atoms with Crippen LogP contribution in [-0.2, 0) is 14.3 Å². The number of hydroxylamine groups is 2. The molecule has 150 valence electrons. The molecule has 1 aromatic rings. The average molecular weight is 380 g/mol. The number of ether oxygens (including phenoxy) is 1. The Morgan fingerprint density at radius 2 is 2.15 bits per heavy atom. The Labute approximate surface area is 158 Å². The van der Waals surface area contributed by atoms with E-state index in [0.29, 0.717) is 43.6 Å². The van der Waals surface area contributed by atoms with Gasteiger partial charge in [0.15, 0.2) is 5.82 Å². The zero-order valence-electron chi connectivity index (χ0n) is 15.7. The standard InChI is InChI=1S/C17H28N6O4/c1-2-3-4-5-14(11-22(26)13-24)17(25)23(18)16-10-15(19-12-20-16)21-6-8-27-9-7-21/h10,12-14,26H,2-9,11,18H2,1H3. The van der Waals surface area contributed by atoms with Crippen LogP contribution >= 0.6 is 0 Å². The molecule has 1 atom stereocenters. The second-order valence-electron chi connectivity index (χ2n) is 6.46. The monoisotopic (exact) mass is 380 g/mol. The molecule has 3 N–H and O–H groups in total. The summed E-state index contributed by atoms with van der Waals surface area (Å²) in [7, 11) is 0. The fraction of sp³-hybridized carbons (Fsp3) is 0.647. The van der Waals surface area contributed by atoms with Crippen LogP contribution in [0.25, 0.3) is 0 Å². The van der Waals surface area contributed by atoms with Gasteiger partial charge in [-0.2, -0.15) is 0 Å². The highest BCUT2D eigenvalue weighted by molar-refractivity contribution is 5.93. The third-order valence-electron chi connectivity index (χ3n) is 4.49. The minimum absolute atomic E-state index is 0.110. The highest BCUT2D eigenvalue weighted by Crippen LogP contribution is 2.20. The second kappa shape index (κ2) is 10.8. The molecular formula is C17H28N6O4. The lowest BCUT2D eigenvalue weighted by molar-refractivity contribution is -0.154. The van der Waals surface area contributed by atoms with Crippen LogP contribution < -0.4 is 15.8 Å². The predicted molar refractivity (Wildman–Crippen MR) is 98.9 cm³/mol. The van der Waals surface area contributed by atoms with E-state index < -0.39 is 11.8 Å². The molecule has 1 aliphatic heterocycles. The number of hydrogen-bond donors (Lipinski definition) is 2. The van der Waals surface area contributed by atoms with E-state index in [9.17, 15) is 14.8 Å². The molecule has 2 amide bonds. The van der Waals surface area contributed by atoms with Crippen LogP contribution in [0.15, 0.2) is 12.4 Å². The molecule has 1 fully saturated rings. The summed E-state index contributed by atoms with van der Waals surface area (Å²) in [5, 5.41) is 11.0. The molecule has 1 saturated heterocycles. The molecule has 0 aromatic carbocycles. The molecule has 2 heterocycles. The van der Waals surface area contributed by atoms with Gasteiger partial charge < -0.3 is 9.64 Å². The van der Waals surface area contributed by atoms with Gasteiger partial charge in [-0.25, -0.2) is 25.9 Å². The van der Waals surface area contributed by atoms with E-state index >= 15 is 0 Å². The van der Waals surface area contributed by atoms with Crippen molar-refractivity contribution in [1.29, 1.82) is 0 Å². The fourth-order valence-corrected chi connectivity index (χ4v) is 2.95. The van der Waals surface area contributed by atoms with Gasteiger partial charge in [0.1, 0.15) is 12.1 Å². The van der Waals surface area contributed by atoms with Crippen LogP contribution in [0.4, 0.5) is 11.6 Å². The smallest absolute Gasteiger partial charge is 0.247 e. The first-order chi connectivity index (χ1) is 13.1. The molecule has 10 nitrogen and oxygen atoms in total. The molecule has 10 heteroatoms. The normalized spacial score (nSPS) is 15.3. The number of unbranched alkanes of at least 4 members (excludes halogenated alkanes) is 2. The van der Waals surface area contributed by atoms with E-state index in [1.54, 1.807) is 6.07 Å². The van der Waals surface area contributed by atoms with E-state index in [-0.39, 0.29) is 18.8 Å². The Morgan fingerprint density at radius 1 is 1.41 bits per heavy atom. The molecule has 1 aromatic heterocycles. The fourth-order valence-electron chi connectivity index (χ4n) is 2.95. The highest BCUT2D eigenvalue weighted by atomic mass is 16.5. The van der Waals surface area contributed by atoms with E-state index in [4.69, 9.17) is 10.6 Å². The summed E-state index contributed by atoms with van der Waals surface area (Å²) in [5.41, 5.74) is 0. The Morgan fingerprint density at radius 3 is 2.81 bits per heavy atom. The number of anilines is 2. The Balaban J connectivity index is 2.10. The van der Waals surface area contributed by atoms with Crippen LogP contribution in [-0.4, -0.2) is 65.4 Å². The first-order valence-electron chi connectivity index (χ1n) is 9.21. The van der Waals surface area contributed by atoms with Crippen LogP contribution in [0.3, 0.4) is 0 Å². The third-order valence-corrected chi connectivity index (χ3v) is 4.49. The summed E-state index contributed by atoms with van der Waals surface area (Å²) in [6.45, 7) is 4.58. The molecule has 2 rings (SSSR count). The summed E-state index contributed by atoms with van der Waals surface area (Å²) in [4.78, 5) is 33.9. The van der Waals surface area contributed by atoms with Crippen LogP contribution in [0.5, 0.6) is 0 Å². The Bertz CT molecular complexity index is 611. The number of carbonyl (C=O) groups is 2. The summed E-state index contributed by atoms with van der Waals surface area (Å²) in [6.07, 6.45) is 4.92. The van der Waals surface area contributed by atoms with E-state index in [1.165, 1.54) is 6.33 Å². The van der Waals surface area contributed by atoms with E-state index in [0.717, 1.165) is 24.3 Å². The third kappa shape index (κ3) is 6.12. The van der Waals surface area contributed by atoms with Crippen molar-refractivity contribution < 1.29 is 19.5 Å². The first kappa shape index (κ1) is 21.0. The molecule has 27 heavy (non-hydrogen) atoms. The SMILES string of the molecule is CCCCCC(CN(O)C=O)C(=O)N(N)c1cc(N2CCOCC2)ncn1. The van der Waals surface area contributed by atoms with E-state index in [2.05, 4.69) is 16.9 Å². The largest absolute Gasteiger partial charge is 0.378 e. The summed E-state index contributed by atoms with van der Waals surface area (Å²) >= 11 is 0. The number of nitrogens with zero attached hydrogens (tertiary/aromatic N) is 5. The van der Waals surface area contributed by atoms with Crippen molar-refractivity contribution in [1.82, 2.24) is 15.0 Å². The number of amides is 2. The Hall–Kier alpha value is -2.30. The number of rotatable bonds is 10. The van der Waals surface area contributed by atoms with Gasteiger partial charge in [-0.1, -0.05) is 26.2 Å². The van der Waals surface area contributed by atoms with Gasteiger partial charge in [-0.3, -0.25) is 14.8 Å². The number of morpholine rings is 1. The van der Waals surface area contributed by atoms with Crippen molar-refractivity contribution in [3.8, 4) is 0 Å². The van der Waals surface area contributed by atoms with Crippen molar-refractivity contribution in [2.75, 3.05) is 42.8 Å². The number of nitrogens with two attached hydrogens (primary N) is 1. The lowest BCUT2D eigenvalue weighted by atomic mass is 10.00. The molecule has 1 unspecified atom stereocenters. The predicted octanol–water partition coefficient (Wildman–Crippen LogP) is 0.564. The van der Waals surface area contributed by atoms with Crippen molar-refractivity contribution in [3.05, 3.63) is 12.4 Å². The lowest BCUT2D eigenvalue weighted by Gasteiger charge is -2.29. The molecule has 0 saturated carbocycles. The minimum atomic E-state index is -0.612. The van der Waals surface area contributed by atoms with Gasteiger partial charge in [0.25, 0.3) is 0 Å². The minimum Gasteiger partial charge on any atom is -0.378 e. The van der Waals surface area contributed by atoms with Crippen molar-refractivity contribution >= 4 is 24.0 Å². The average Bonchev–Trinajstić information content (AvgIpc) is 2.72. The summed E-state index contributed by atoms with van der Waals surface area (Å²) < 4.78 is 5.33. The lowest BCUT2D eigenvalue weighted by Crippen LogP contribution is -2.45. The zero-order valence-corrected chi connectivity index (χ0v) is 15.7. The van der Waals surface area contributed by atoms with Crippen molar-refractivity contribution in [3.63, 3.8) is 0 Å². The molecule has 1 aliphatic rings. The maximum Gasteiger partial charge on any atom is 0.247 e. The quantitative estimate of drug-likeness (QED) is 0.151. The first-order valence-corrected chi connectivity index (χ1v) is 9.21. The highest BCUT2D eigenvalue weighted by Gasteiger charge is 2.26. The molecular weight excluding hydrogens is 352 g/mol. The Kier molecular flexibility index (Phi) is 8.37. The van der Waals surface area contributed by atoms with Crippen molar-refractivity contribution in [2.45, 2.75) is 32.6 Å². The zero-order chi connectivity index (χ0) is 19.6. The number of hydrogen-bond acceptors (Lipinski definition) is 8. The van der Waals surface area contributed by atoms with Gasteiger partial charge >= 0.3 is 0 Å². The molecule has 0 radical (unpaired) electrons. The van der Waals surface area contributed by atoms with Gasteiger partial charge in [0.05, 0.1) is 25.7 Å². The van der Waals surface area contributed by atoms with Crippen LogP contribution in [0, 0.1) is 5.92 Å². The van der Waals surface area contributed by atoms with Gasteiger partial charge in [-0.05, 0) is 6.42 Å². The van der Waals surface area contributed by atoms with Gasteiger partial charge in [0.2, 0.25) is 12.3 Å². The van der Waals surface area contributed by atoms with Gasteiger partial charge in [-0.15, -0.1) is 0 Å². The maximum absolute atomic E-state index is 12.8. The maximum atomic E-state index is 12.8. The van der Waals surface area contributed by atoms with Crippen LogP contribution in [0.2, 0.25) is 0 Å². The topological polar surface area (TPSA) is 125 Å². The second-order valence-corrected chi connectivity index (χ2v) is 6.46. The van der Waals surface area contributed by atoms with Gasteiger partial charge in [0, 0.05) is 19.2 Å². The van der Waals surface area contributed by atoms with E-state index in [1.807, 2.05) is 4.90 Å². The number of carbonyl (C=O) groups excluding carboxylic acids is 2. The number of hydrazine groups is 1. The molecule has 0 bridgehead atoms. The van der Waals surface area contributed by atoms with Crippen LogP contribution in [0.1, 0.15) is 32.6 Å². The summed E-state index contributed by atoms with van der Waals surface area (Å²) in [6, 6.07) is 1.66. The van der Waals surface area contributed by atoms with Crippen molar-refractivity contribution in [2.24, 2.45) is 11.8 Å². The molecule has 0 aliphatic carbocycles.